The monoisotopic (exact) mass is 279 g/mol. The normalized spacial score (nSPS) is 17.9. The zero-order valence-corrected chi connectivity index (χ0v) is 11.9. The number of nitrogens with one attached hydrogen (secondary N) is 2. The molecule has 4 N–H and O–H groups in total. The first-order valence-electron chi connectivity index (χ1n) is 6.92. The second-order valence-electron chi connectivity index (χ2n) is 4.67. The number of aromatic nitrogens is 3. The Bertz CT molecular complexity index is 475. The van der Waals surface area contributed by atoms with E-state index < -0.39 is 0 Å². The van der Waals surface area contributed by atoms with Crippen molar-refractivity contribution >= 4 is 23.8 Å². The molecule has 1 aromatic heterocycles. The van der Waals surface area contributed by atoms with Gasteiger partial charge in [0, 0.05) is 32.1 Å². The first-order valence-corrected chi connectivity index (χ1v) is 6.92. The summed E-state index contributed by atoms with van der Waals surface area (Å²) in [5, 5.41) is 5.99. The van der Waals surface area contributed by atoms with Crippen LogP contribution in [-0.2, 0) is 4.79 Å². The third-order valence-electron chi connectivity index (χ3n) is 3.28. The number of nitrogen functional groups attached to an aromatic ring is 1. The summed E-state index contributed by atoms with van der Waals surface area (Å²) in [6.45, 7) is 6.26. The van der Waals surface area contributed by atoms with E-state index in [-0.39, 0.29) is 17.9 Å². The van der Waals surface area contributed by atoms with Crippen LogP contribution in [0, 0.1) is 0 Å². The van der Waals surface area contributed by atoms with Gasteiger partial charge < -0.3 is 21.3 Å². The Labute approximate surface area is 118 Å². The molecule has 1 aliphatic heterocycles. The number of nitrogens with zero attached hydrogens (tertiary/aromatic N) is 4. The molecule has 0 saturated carbocycles. The van der Waals surface area contributed by atoms with Crippen LogP contribution < -0.4 is 21.3 Å². The molecule has 0 radical (unpaired) electrons. The molecule has 1 saturated heterocycles. The van der Waals surface area contributed by atoms with Crippen molar-refractivity contribution in [1.29, 1.82) is 0 Å². The Morgan fingerprint density at radius 2 is 2.10 bits per heavy atom. The van der Waals surface area contributed by atoms with E-state index in [2.05, 4.69) is 25.6 Å². The second-order valence-corrected chi connectivity index (χ2v) is 4.67. The van der Waals surface area contributed by atoms with Crippen molar-refractivity contribution in [2.75, 3.05) is 35.6 Å². The highest BCUT2D eigenvalue weighted by atomic mass is 16.1. The largest absolute Gasteiger partial charge is 0.368 e. The Balaban J connectivity index is 2.02. The van der Waals surface area contributed by atoms with Crippen LogP contribution in [0.5, 0.6) is 0 Å². The lowest BCUT2D eigenvalue weighted by Crippen LogP contribution is -2.32. The summed E-state index contributed by atoms with van der Waals surface area (Å²) in [6, 6.07) is 0.123. The molecular weight excluding hydrogens is 258 g/mol. The molecule has 1 aromatic rings. The Kier molecular flexibility index (Phi) is 4.54. The smallest absolute Gasteiger partial charge is 0.231 e. The minimum Gasteiger partial charge on any atom is -0.368 e. The lowest BCUT2D eigenvalue weighted by molar-refractivity contribution is -0.119. The van der Waals surface area contributed by atoms with Crippen LogP contribution in [0.1, 0.15) is 26.7 Å². The summed E-state index contributed by atoms with van der Waals surface area (Å²) in [4.78, 5) is 25.7. The van der Waals surface area contributed by atoms with Gasteiger partial charge in [-0.15, -0.1) is 0 Å². The van der Waals surface area contributed by atoms with Gasteiger partial charge in [0.15, 0.2) is 0 Å². The van der Waals surface area contributed by atoms with Crippen LogP contribution in [-0.4, -0.2) is 46.5 Å². The van der Waals surface area contributed by atoms with E-state index in [0.717, 1.165) is 19.5 Å². The van der Waals surface area contributed by atoms with Gasteiger partial charge in [-0.25, -0.2) is 0 Å². The van der Waals surface area contributed by atoms with E-state index in [1.165, 1.54) is 0 Å². The summed E-state index contributed by atoms with van der Waals surface area (Å²) in [5.74, 6) is 1.30. The SMILES string of the molecule is CCN(CC)c1nc(N)nc(NCC2CCC(=O)N2)n1. The van der Waals surface area contributed by atoms with Crippen molar-refractivity contribution in [3.63, 3.8) is 0 Å². The molecule has 8 nitrogen and oxygen atoms in total. The van der Waals surface area contributed by atoms with Crippen LogP contribution in [0.25, 0.3) is 0 Å². The fraction of sp³-hybridized carbons (Fsp3) is 0.667. The molecule has 1 unspecified atom stereocenters. The van der Waals surface area contributed by atoms with Crippen molar-refractivity contribution < 1.29 is 4.79 Å². The van der Waals surface area contributed by atoms with Crippen LogP contribution in [0.2, 0.25) is 0 Å². The molecule has 2 heterocycles. The molecule has 1 amide bonds. The zero-order valence-electron chi connectivity index (χ0n) is 11.9. The molecule has 0 aliphatic carbocycles. The molecule has 20 heavy (non-hydrogen) atoms. The third-order valence-corrected chi connectivity index (χ3v) is 3.28. The van der Waals surface area contributed by atoms with E-state index in [9.17, 15) is 4.79 Å². The average molecular weight is 279 g/mol. The van der Waals surface area contributed by atoms with Crippen LogP contribution in [0.4, 0.5) is 17.8 Å². The highest BCUT2D eigenvalue weighted by molar-refractivity contribution is 5.78. The van der Waals surface area contributed by atoms with E-state index in [1.807, 2.05) is 18.7 Å². The molecule has 1 fully saturated rings. The van der Waals surface area contributed by atoms with E-state index in [1.54, 1.807) is 0 Å². The maximum atomic E-state index is 11.1. The first kappa shape index (κ1) is 14.3. The zero-order chi connectivity index (χ0) is 14.5. The number of hydrogen-bond acceptors (Lipinski definition) is 7. The van der Waals surface area contributed by atoms with Gasteiger partial charge >= 0.3 is 0 Å². The fourth-order valence-electron chi connectivity index (χ4n) is 2.15. The van der Waals surface area contributed by atoms with Gasteiger partial charge in [-0.05, 0) is 20.3 Å². The molecule has 8 heteroatoms. The number of carbonyl (C=O) groups excluding carboxylic acids is 1. The van der Waals surface area contributed by atoms with E-state index >= 15 is 0 Å². The number of anilines is 3. The van der Waals surface area contributed by atoms with Gasteiger partial charge in [-0.3, -0.25) is 4.79 Å². The maximum Gasteiger partial charge on any atom is 0.231 e. The van der Waals surface area contributed by atoms with Crippen LogP contribution >= 0.6 is 0 Å². The molecule has 0 spiro atoms. The predicted octanol–water partition coefficient (Wildman–Crippen LogP) is -0.00950. The van der Waals surface area contributed by atoms with Crippen molar-refractivity contribution in [3.05, 3.63) is 0 Å². The summed E-state index contributed by atoms with van der Waals surface area (Å²) >= 11 is 0. The topological polar surface area (TPSA) is 109 Å². The van der Waals surface area contributed by atoms with Gasteiger partial charge in [-0.1, -0.05) is 0 Å². The van der Waals surface area contributed by atoms with Crippen LogP contribution in [0.15, 0.2) is 0 Å². The van der Waals surface area contributed by atoms with Crippen LogP contribution in [0.3, 0.4) is 0 Å². The fourth-order valence-corrected chi connectivity index (χ4v) is 2.15. The van der Waals surface area contributed by atoms with Gasteiger partial charge in [0.05, 0.1) is 0 Å². The molecule has 0 bridgehead atoms. The highest BCUT2D eigenvalue weighted by Gasteiger charge is 2.20. The van der Waals surface area contributed by atoms with Gasteiger partial charge in [0.1, 0.15) is 0 Å². The van der Waals surface area contributed by atoms with Gasteiger partial charge in [0.25, 0.3) is 0 Å². The number of rotatable bonds is 6. The van der Waals surface area contributed by atoms with Gasteiger partial charge in [0.2, 0.25) is 23.8 Å². The first-order chi connectivity index (χ1) is 9.62. The summed E-state index contributed by atoms with van der Waals surface area (Å²) in [6.07, 6.45) is 1.41. The molecule has 1 atom stereocenters. The number of amides is 1. The second kappa shape index (κ2) is 6.36. The highest BCUT2D eigenvalue weighted by Crippen LogP contribution is 2.12. The van der Waals surface area contributed by atoms with E-state index in [0.29, 0.717) is 24.9 Å². The number of nitrogens with two attached hydrogens (primary N) is 1. The maximum absolute atomic E-state index is 11.1. The average Bonchev–Trinajstić information content (AvgIpc) is 2.83. The van der Waals surface area contributed by atoms with Crippen molar-refractivity contribution in [3.8, 4) is 0 Å². The molecule has 110 valence electrons. The van der Waals surface area contributed by atoms with Crippen molar-refractivity contribution in [2.24, 2.45) is 0 Å². The summed E-state index contributed by atoms with van der Waals surface area (Å²) in [7, 11) is 0. The summed E-state index contributed by atoms with van der Waals surface area (Å²) < 4.78 is 0. The van der Waals surface area contributed by atoms with E-state index in [4.69, 9.17) is 5.73 Å². The summed E-state index contributed by atoms with van der Waals surface area (Å²) in [5.41, 5.74) is 5.71. The quantitative estimate of drug-likeness (QED) is 0.672. The Morgan fingerprint density at radius 3 is 2.70 bits per heavy atom. The minimum atomic E-state index is 0.0933. The Hall–Kier alpha value is -2.12. The molecule has 1 aliphatic rings. The standard InChI is InChI=1S/C12H21N7O/c1-3-19(4-2)12-17-10(13)16-11(18-12)14-7-8-5-6-9(20)15-8/h8H,3-7H2,1-2H3,(H,15,20)(H3,13,14,16,17,18). The number of hydrogen-bond donors (Lipinski definition) is 3. The molecule has 2 rings (SSSR count). The number of carbonyl (C=O) groups is 1. The Morgan fingerprint density at radius 1 is 1.35 bits per heavy atom. The predicted molar refractivity (Wildman–Crippen MR) is 77.5 cm³/mol. The third kappa shape index (κ3) is 3.46. The minimum absolute atomic E-state index is 0.0933. The van der Waals surface area contributed by atoms with Gasteiger partial charge in [-0.2, -0.15) is 15.0 Å². The molecular formula is C12H21N7O. The lowest BCUT2D eigenvalue weighted by Gasteiger charge is -2.19. The lowest BCUT2D eigenvalue weighted by atomic mass is 10.2. The molecule has 0 aromatic carbocycles. The van der Waals surface area contributed by atoms with Crippen molar-refractivity contribution in [1.82, 2.24) is 20.3 Å². The van der Waals surface area contributed by atoms with Crippen molar-refractivity contribution in [2.45, 2.75) is 32.7 Å².